The van der Waals surface area contributed by atoms with Crippen molar-refractivity contribution in [2.24, 2.45) is 22.7 Å². The molecule has 3 rings (SSSR count). The Balaban J connectivity index is 2.33. The summed E-state index contributed by atoms with van der Waals surface area (Å²) in [5, 5.41) is 38.8. The molecule has 0 aliphatic carbocycles. The summed E-state index contributed by atoms with van der Waals surface area (Å²) in [6, 6.07) is 11.6. The second kappa shape index (κ2) is 6.59. The second-order valence-corrected chi connectivity index (χ2v) is 7.39. The van der Waals surface area contributed by atoms with Crippen molar-refractivity contribution in [3.05, 3.63) is 35.6 Å². The number of hydrogen-bond acceptors (Lipinski definition) is 6. The molecule has 2 bridgehead atoms. The number of benzene rings is 1. The smallest absolute Gasteiger partial charge is 0.243 e. The summed E-state index contributed by atoms with van der Waals surface area (Å²) in [6.45, 7) is 5.49. The summed E-state index contributed by atoms with van der Waals surface area (Å²) in [5.41, 5.74) is -3.24. The highest BCUT2D eigenvalue weighted by Crippen LogP contribution is 2.66. The second-order valence-electron chi connectivity index (χ2n) is 7.39. The Kier molecular flexibility index (Phi) is 4.66. The standard InChI is InChI=1S/C21H21FN4O2/c1-4-14(5-2)17-19(10-23,11-24)20(12-25)13(3)21(27-17,28-18(20)26)15-6-8-16(22)9-7-15/h6-9,13-14,17,26H,4-5H2,1-3H3. The van der Waals surface area contributed by atoms with Gasteiger partial charge in [0.15, 0.2) is 10.8 Å². The lowest BCUT2D eigenvalue weighted by Gasteiger charge is -2.50. The quantitative estimate of drug-likeness (QED) is 0.848. The molecule has 0 spiro atoms. The molecule has 0 saturated carbocycles. The molecule has 2 fully saturated rings. The first kappa shape index (κ1) is 19.8. The van der Waals surface area contributed by atoms with E-state index in [1.54, 1.807) is 6.92 Å². The number of rotatable bonds is 4. The Hall–Kier alpha value is -2.95. The van der Waals surface area contributed by atoms with Crippen LogP contribution in [-0.4, -0.2) is 12.0 Å². The minimum atomic E-state index is -1.89. The number of fused-ring (bicyclic) bond motifs is 2. The zero-order valence-electron chi connectivity index (χ0n) is 16.0. The average molecular weight is 380 g/mol. The van der Waals surface area contributed by atoms with E-state index in [4.69, 9.17) is 14.9 Å². The van der Waals surface area contributed by atoms with Crippen molar-refractivity contribution in [3.63, 3.8) is 0 Å². The molecule has 2 heterocycles. The van der Waals surface area contributed by atoms with Crippen molar-refractivity contribution in [1.82, 2.24) is 0 Å². The van der Waals surface area contributed by atoms with Crippen molar-refractivity contribution in [1.29, 1.82) is 21.2 Å². The summed E-state index contributed by atoms with van der Waals surface area (Å²) in [4.78, 5) is 0. The maximum absolute atomic E-state index is 13.5. The van der Waals surface area contributed by atoms with Crippen molar-refractivity contribution in [2.75, 3.05) is 0 Å². The zero-order valence-corrected chi connectivity index (χ0v) is 16.0. The van der Waals surface area contributed by atoms with Crippen LogP contribution in [0.4, 0.5) is 4.39 Å². The van der Waals surface area contributed by atoms with Crippen LogP contribution in [0.2, 0.25) is 0 Å². The first-order chi connectivity index (χ1) is 13.3. The van der Waals surface area contributed by atoms with E-state index < -0.39 is 40.4 Å². The predicted molar refractivity (Wildman–Crippen MR) is 96.7 cm³/mol. The van der Waals surface area contributed by atoms with Gasteiger partial charge in [0, 0.05) is 5.56 Å². The normalized spacial score (nSPS) is 32.9. The number of hydrogen-bond donors (Lipinski definition) is 1. The summed E-state index contributed by atoms with van der Waals surface area (Å²) in [6.07, 6.45) is 0.297. The van der Waals surface area contributed by atoms with E-state index in [0.29, 0.717) is 18.4 Å². The third kappa shape index (κ3) is 2.10. The summed E-state index contributed by atoms with van der Waals surface area (Å²) in [7, 11) is 0. The predicted octanol–water partition coefficient (Wildman–Crippen LogP) is 4.00. The number of nitrogens with one attached hydrogen (secondary N) is 1. The van der Waals surface area contributed by atoms with Crippen LogP contribution in [0.1, 0.15) is 39.2 Å². The van der Waals surface area contributed by atoms with Crippen molar-refractivity contribution < 1.29 is 13.9 Å². The molecule has 0 radical (unpaired) electrons. The summed E-state index contributed by atoms with van der Waals surface area (Å²) >= 11 is 0. The molecule has 6 nitrogen and oxygen atoms in total. The Morgan fingerprint density at radius 2 is 1.68 bits per heavy atom. The maximum atomic E-state index is 13.5. The van der Waals surface area contributed by atoms with Crippen LogP contribution in [0.3, 0.4) is 0 Å². The van der Waals surface area contributed by atoms with Gasteiger partial charge < -0.3 is 9.47 Å². The van der Waals surface area contributed by atoms with Gasteiger partial charge in [-0.15, -0.1) is 0 Å². The van der Waals surface area contributed by atoms with E-state index in [9.17, 15) is 20.2 Å². The Labute approximate surface area is 163 Å². The molecule has 2 aliphatic rings. The molecule has 28 heavy (non-hydrogen) atoms. The molecule has 4 unspecified atom stereocenters. The molecular weight excluding hydrogens is 359 g/mol. The highest BCUT2D eigenvalue weighted by molar-refractivity contribution is 5.89. The largest absolute Gasteiger partial charge is 0.443 e. The number of nitrogens with zero attached hydrogens (tertiary/aromatic N) is 3. The van der Waals surface area contributed by atoms with Gasteiger partial charge in [0.05, 0.1) is 30.2 Å². The van der Waals surface area contributed by atoms with Crippen molar-refractivity contribution in [2.45, 2.75) is 45.5 Å². The van der Waals surface area contributed by atoms with Crippen LogP contribution in [0.25, 0.3) is 0 Å². The van der Waals surface area contributed by atoms with Gasteiger partial charge in [0.1, 0.15) is 5.82 Å². The topological polar surface area (TPSA) is 114 Å². The highest BCUT2D eigenvalue weighted by Gasteiger charge is 2.80. The van der Waals surface area contributed by atoms with Gasteiger partial charge in [0.2, 0.25) is 11.7 Å². The van der Waals surface area contributed by atoms with Crippen molar-refractivity contribution >= 4 is 5.90 Å². The Bertz CT molecular complexity index is 908. The molecule has 2 saturated heterocycles. The van der Waals surface area contributed by atoms with Gasteiger partial charge in [-0.1, -0.05) is 33.6 Å². The lowest BCUT2D eigenvalue weighted by atomic mass is 9.52. The fourth-order valence-electron chi connectivity index (χ4n) is 4.74. The molecule has 0 amide bonds. The van der Waals surface area contributed by atoms with Gasteiger partial charge in [-0.3, -0.25) is 5.41 Å². The zero-order chi connectivity index (χ0) is 20.7. The van der Waals surface area contributed by atoms with Crippen LogP contribution in [-0.2, 0) is 15.3 Å². The molecule has 0 aromatic heterocycles. The van der Waals surface area contributed by atoms with Gasteiger partial charge in [0.25, 0.3) is 0 Å². The number of halogens is 1. The average Bonchev–Trinajstić information content (AvgIpc) is 2.86. The van der Waals surface area contributed by atoms with Crippen LogP contribution < -0.4 is 0 Å². The number of ether oxygens (including phenoxy) is 2. The monoisotopic (exact) mass is 380 g/mol. The molecule has 7 heteroatoms. The van der Waals surface area contributed by atoms with Crippen LogP contribution >= 0.6 is 0 Å². The lowest BCUT2D eigenvalue weighted by molar-refractivity contribution is -0.296. The van der Waals surface area contributed by atoms with Crippen molar-refractivity contribution in [3.8, 4) is 18.2 Å². The van der Waals surface area contributed by atoms with Crippen LogP contribution in [0.15, 0.2) is 24.3 Å². The Morgan fingerprint density at radius 1 is 1.11 bits per heavy atom. The fraction of sp³-hybridized carbons (Fsp3) is 0.524. The summed E-state index contributed by atoms with van der Waals surface area (Å²) < 4.78 is 25.7. The first-order valence-electron chi connectivity index (χ1n) is 9.29. The minimum Gasteiger partial charge on any atom is -0.443 e. The van der Waals surface area contributed by atoms with Gasteiger partial charge in [-0.05, 0) is 30.2 Å². The highest BCUT2D eigenvalue weighted by atomic mass is 19.1. The van der Waals surface area contributed by atoms with Gasteiger partial charge in [-0.2, -0.15) is 15.8 Å². The van der Waals surface area contributed by atoms with E-state index in [1.165, 1.54) is 24.3 Å². The Morgan fingerprint density at radius 3 is 2.14 bits per heavy atom. The fourth-order valence-corrected chi connectivity index (χ4v) is 4.74. The van der Waals surface area contributed by atoms with Crippen LogP contribution in [0.5, 0.6) is 0 Å². The minimum absolute atomic E-state index is 0.200. The molecule has 1 aromatic rings. The SMILES string of the molecule is CCC(CC)C1OC2(c3ccc(F)cc3)OC(=N)C(C#N)(C2C)C1(C#N)C#N. The molecule has 1 N–H and O–H groups in total. The molecule has 4 atom stereocenters. The third-order valence-corrected chi connectivity index (χ3v) is 6.43. The molecular formula is C21H21FN4O2. The molecule has 1 aromatic carbocycles. The maximum Gasteiger partial charge on any atom is 0.243 e. The lowest BCUT2D eigenvalue weighted by Crippen LogP contribution is -2.62. The molecule has 144 valence electrons. The van der Waals surface area contributed by atoms with Gasteiger partial charge >= 0.3 is 0 Å². The number of nitriles is 3. The van der Waals surface area contributed by atoms with E-state index >= 15 is 0 Å². The molecule has 2 aliphatic heterocycles. The third-order valence-electron chi connectivity index (χ3n) is 6.43. The van der Waals surface area contributed by atoms with Crippen LogP contribution in [0, 0.1) is 67.9 Å². The van der Waals surface area contributed by atoms with E-state index in [-0.39, 0.29) is 5.92 Å². The summed E-state index contributed by atoms with van der Waals surface area (Å²) in [5.74, 6) is -3.46. The van der Waals surface area contributed by atoms with E-state index in [2.05, 4.69) is 6.07 Å². The van der Waals surface area contributed by atoms with E-state index in [1.807, 2.05) is 26.0 Å². The van der Waals surface area contributed by atoms with E-state index in [0.717, 1.165) is 0 Å². The van der Waals surface area contributed by atoms with Gasteiger partial charge in [-0.25, -0.2) is 4.39 Å². The first-order valence-corrected chi connectivity index (χ1v) is 9.29.